The monoisotopic (exact) mass is 194 g/mol. The van der Waals surface area contributed by atoms with E-state index in [1.165, 1.54) is 0 Å². The Bertz CT molecular complexity index is 347. The van der Waals surface area contributed by atoms with Gasteiger partial charge >= 0.3 is 0 Å². The Morgan fingerprint density at radius 3 is 2.85 bits per heavy atom. The van der Waals surface area contributed by atoms with Crippen LogP contribution in [0.5, 0.6) is 5.75 Å². The number of phenolic OH excluding ortho intramolecular Hbond substituents is 1. The van der Waals surface area contributed by atoms with Crippen molar-refractivity contribution in [2.45, 2.75) is 13.3 Å². The molecule has 0 aliphatic rings. The molecule has 0 fully saturated rings. The first kappa shape index (κ1) is 9.95. The van der Waals surface area contributed by atoms with E-state index in [0.29, 0.717) is 17.9 Å². The smallest absolute Gasteiger partial charge is 0.131 e. The predicted molar refractivity (Wildman–Crippen MR) is 55.1 cm³/mol. The third-order valence-corrected chi connectivity index (χ3v) is 1.78. The van der Waals surface area contributed by atoms with Crippen molar-refractivity contribution in [3.05, 3.63) is 29.3 Å². The number of alkyl halides is 1. The zero-order valence-electron chi connectivity index (χ0n) is 7.47. The normalized spacial score (nSPS) is 9.08. The number of phenols is 1. The Morgan fingerprint density at radius 2 is 2.23 bits per heavy atom. The Morgan fingerprint density at radius 1 is 1.46 bits per heavy atom. The summed E-state index contributed by atoms with van der Waals surface area (Å²) in [6.45, 7) is 1.93. The summed E-state index contributed by atoms with van der Waals surface area (Å²) < 4.78 is 0. The molecule has 0 amide bonds. The van der Waals surface area contributed by atoms with Gasteiger partial charge in [-0.1, -0.05) is 17.9 Å². The van der Waals surface area contributed by atoms with Crippen LogP contribution in [0.15, 0.2) is 18.2 Å². The molecule has 1 N–H and O–H groups in total. The summed E-state index contributed by atoms with van der Waals surface area (Å²) >= 11 is 5.47. The van der Waals surface area contributed by atoms with Crippen molar-refractivity contribution in [3.8, 4) is 17.6 Å². The van der Waals surface area contributed by atoms with E-state index in [2.05, 4.69) is 11.8 Å². The zero-order chi connectivity index (χ0) is 9.68. The summed E-state index contributed by atoms with van der Waals surface area (Å²) in [7, 11) is 0. The van der Waals surface area contributed by atoms with Crippen LogP contribution in [-0.2, 0) is 0 Å². The largest absolute Gasteiger partial charge is 0.507 e. The van der Waals surface area contributed by atoms with Crippen molar-refractivity contribution >= 4 is 11.6 Å². The van der Waals surface area contributed by atoms with Gasteiger partial charge in [0, 0.05) is 12.3 Å². The second-order valence-electron chi connectivity index (χ2n) is 2.76. The van der Waals surface area contributed by atoms with Gasteiger partial charge in [-0.15, -0.1) is 11.6 Å². The SMILES string of the molecule is Cc1ccc(C#CCCCl)c(O)c1. The highest BCUT2D eigenvalue weighted by molar-refractivity contribution is 6.18. The Hall–Kier alpha value is -1.13. The molecule has 0 saturated carbocycles. The third-order valence-electron chi connectivity index (χ3n) is 1.60. The van der Waals surface area contributed by atoms with Crippen LogP contribution in [-0.4, -0.2) is 11.0 Å². The van der Waals surface area contributed by atoms with E-state index in [4.69, 9.17) is 11.6 Å². The highest BCUT2D eigenvalue weighted by Crippen LogP contribution is 2.16. The Labute approximate surface area is 83.4 Å². The van der Waals surface area contributed by atoms with Gasteiger partial charge in [0.25, 0.3) is 0 Å². The Kier molecular flexibility index (Phi) is 3.67. The molecule has 0 bridgehead atoms. The minimum atomic E-state index is 0.238. The van der Waals surface area contributed by atoms with Crippen LogP contribution in [0.3, 0.4) is 0 Å². The molecule has 0 aliphatic heterocycles. The molecule has 68 valence electrons. The summed E-state index contributed by atoms with van der Waals surface area (Å²) in [5, 5.41) is 9.46. The number of hydrogen-bond donors (Lipinski definition) is 1. The van der Waals surface area contributed by atoms with E-state index in [1.807, 2.05) is 19.1 Å². The lowest BCUT2D eigenvalue weighted by molar-refractivity contribution is 0.473. The number of rotatable bonds is 1. The number of halogens is 1. The number of benzene rings is 1. The molecule has 1 nitrogen and oxygen atoms in total. The van der Waals surface area contributed by atoms with Gasteiger partial charge in [-0.2, -0.15) is 0 Å². The first-order valence-corrected chi connectivity index (χ1v) is 4.62. The van der Waals surface area contributed by atoms with E-state index in [1.54, 1.807) is 6.07 Å². The van der Waals surface area contributed by atoms with Crippen molar-refractivity contribution < 1.29 is 5.11 Å². The van der Waals surface area contributed by atoms with Crippen LogP contribution in [0.2, 0.25) is 0 Å². The standard InChI is InChI=1S/C11H11ClO/c1-9-5-6-10(11(13)8-9)4-2-3-7-12/h5-6,8,13H,3,7H2,1H3. The lowest BCUT2D eigenvalue weighted by Crippen LogP contribution is -1.78. The fraction of sp³-hybridized carbons (Fsp3) is 0.273. The third kappa shape index (κ3) is 3.01. The van der Waals surface area contributed by atoms with E-state index >= 15 is 0 Å². The average Bonchev–Trinajstić information content (AvgIpc) is 2.09. The Balaban J connectivity index is 2.85. The quantitative estimate of drug-likeness (QED) is 0.539. The molecule has 13 heavy (non-hydrogen) atoms. The lowest BCUT2D eigenvalue weighted by atomic mass is 10.1. The van der Waals surface area contributed by atoms with E-state index in [9.17, 15) is 5.11 Å². The van der Waals surface area contributed by atoms with Crippen molar-refractivity contribution in [2.24, 2.45) is 0 Å². The molecular weight excluding hydrogens is 184 g/mol. The number of aromatic hydroxyl groups is 1. The predicted octanol–water partition coefficient (Wildman–Crippen LogP) is 2.68. The van der Waals surface area contributed by atoms with Crippen molar-refractivity contribution in [2.75, 3.05) is 5.88 Å². The number of aryl methyl sites for hydroxylation is 1. The highest BCUT2D eigenvalue weighted by atomic mass is 35.5. The summed E-state index contributed by atoms with van der Waals surface area (Å²) in [4.78, 5) is 0. The maximum Gasteiger partial charge on any atom is 0.131 e. The molecule has 0 heterocycles. The zero-order valence-corrected chi connectivity index (χ0v) is 8.23. The van der Waals surface area contributed by atoms with Crippen molar-refractivity contribution in [1.82, 2.24) is 0 Å². The van der Waals surface area contributed by atoms with Gasteiger partial charge in [-0.3, -0.25) is 0 Å². The van der Waals surface area contributed by atoms with Crippen LogP contribution in [0, 0.1) is 18.8 Å². The van der Waals surface area contributed by atoms with Crippen LogP contribution in [0.4, 0.5) is 0 Å². The fourth-order valence-corrected chi connectivity index (χ4v) is 1.05. The topological polar surface area (TPSA) is 20.2 Å². The van der Waals surface area contributed by atoms with Gasteiger partial charge in [0.05, 0.1) is 5.56 Å². The maximum atomic E-state index is 9.46. The molecule has 0 atom stereocenters. The minimum absolute atomic E-state index is 0.238. The minimum Gasteiger partial charge on any atom is -0.507 e. The number of hydrogen-bond acceptors (Lipinski definition) is 1. The van der Waals surface area contributed by atoms with Gasteiger partial charge in [-0.05, 0) is 24.6 Å². The molecule has 0 aromatic heterocycles. The van der Waals surface area contributed by atoms with Gasteiger partial charge in [-0.25, -0.2) is 0 Å². The van der Waals surface area contributed by atoms with Gasteiger partial charge in [0.1, 0.15) is 5.75 Å². The summed E-state index contributed by atoms with van der Waals surface area (Å²) in [6.07, 6.45) is 0.648. The van der Waals surface area contributed by atoms with Crippen LogP contribution in [0.1, 0.15) is 17.5 Å². The van der Waals surface area contributed by atoms with E-state index in [-0.39, 0.29) is 5.75 Å². The molecule has 0 radical (unpaired) electrons. The summed E-state index contributed by atoms with van der Waals surface area (Å²) in [5.41, 5.74) is 1.69. The maximum absolute atomic E-state index is 9.46. The fourth-order valence-electron chi connectivity index (χ4n) is 0.952. The van der Waals surface area contributed by atoms with E-state index < -0.39 is 0 Å². The second-order valence-corrected chi connectivity index (χ2v) is 3.14. The molecule has 2 heteroatoms. The molecule has 1 aromatic rings. The first-order chi connectivity index (χ1) is 6.24. The van der Waals surface area contributed by atoms with Crippen LogP contribution < -0.4 is 0 Å². The highest BCUT2D eigenvalue weighted by Gasteiger charge is 1.95. The van der Waals surface area contributed by atoms with E-state index in [0.717, 1.165) is 5.56 Å². The van der Waals surface area contributed by atoms with Crippen LogP contribution in [0.25, 0.3) is 0 Å². The lowest BCUT2D eigenvalue weighted by Gasteiger charge is -1.97. The molecule has 0 saturated heterocycles. The first-order valence-electron chi connectivity index (χ1n) is 4.08. The molecule has 0 unspecified atom stereocenters. The molecule has 0 spiro atoms. The second kappa shape index (κ2) is 4.79. The molecule has 1 rings (SSSR count). The average molecular weight is 195 g/mol. The molecule has 1 aromatic carbocycles. The van der Waals surface area contributed by atoms with Crippen LogP contribution >= 0.6 is 11.6 Å². The summed E-state index contributed by atoms with van der Waals surface area (Å²) in [6, 6.07) is 5.43. The van der Waals surface area contributed by atoms with Gasteiger partial charge < -0.3 is 5.11 Å². The van der Waals surface area contributed by atoms with Gasteiger partial charge in [0.2, 0.25) is 0 Å². The molecular formula is C11H11ClO. The summed E-state index contributed by atoms with van der Waals surface area (Å²) in [5.74, 6) is 6.49. The van der Waals surface area contributed by atoms with Gasteiger partial charge in [0.15, 0.2) is 0 Å². The van der Waals surface area contributed by atoms with Crippen molar-refractivity contribution in [3.63, 3.8) is 0 Å². The van der Waals surface area contributed by atoms with Crippen molar-refractivity contribution in [1.29, 1.82) is 0 Å². The molecule has 0 aliphatic carbocycles.